The standard InChI is InChI=1S/C21H23ClFN5O3/c1-30-13-14-5-6-18(31-14)21(29)24-11-20-26-25-19-7-8-27(9-10-28(19)20)12-15-16(22)3-2-4-17(15)23/h2-6H,7-13H2,1H3,(H,24,29). The van der Waals surface area contributed by atoms with Crippen molar-refractivity contribution in [1.29, 1.82) is 0 Å². The second-order valence-electron chi connectivity index (χ2n) is 7.29. The number of carbonyl (C=O) groups excluding carboxylic acids is 1. The Morgan fingerprint density at radius 3 is 2.94 bits per heavy atom. The lowest BCUT2D eigenvalue weighted by atomic mass is 10.2. The smallest absolute Gasteiger partial charge is 0.287 e. The number of aromatic nitrogens is 3. The predicted molar refractivity (Wildman–Crippen MR) is 111 cm³/mol. The minimum atomic E-state index is -0.329. The van der Waals surface area contributed by atoms with Gasteiger partial charge >= 0.3 is 0 Å². The van der Waals surface area contributed by atoms with Crippen molar-refractivity contribution >= 4 is 17.5 Å². The van der Waals surface area contributed by atoms with E-state index in [2.05, 4.69) is 20.4 Å². The average Bonchev–Trinajstić information content (AvgIpc) is 3.33. The molecule has 1 N–H and O–H groups in total. The van der Waals surface area contributed by atoms with Crippen molar-refractivity contribution in [3.8, 4) is 0 Å². The van der Waals surface area contributed by atoms with Gasteiger partial charge in [-0.3, -0.25) is 9.69 Å². The Balaban J connectivity index is 1.37. The fourth-order valence-corrected chi connectivity index (χ4v) is 3.81. The molecule has 1 aliphatic rings. The highest BCUT2D eigenvalue weighted by molar-refractivity contribution is 6.31. The summed E-state index contributed by atoms with van der Waals surface area (Å²) in [6.07, 6.45) is 0.672. The molecule has 31 heavy (non-hydrogen) atoms. The van der Waals surface area contributed by atoms with Gasteiger partial charge in [0.2, 0.25) is 0 Å². The van der Waals surface area contributed by atoms with Crippen LogP contribution in [-0.2, 0) is 37.4 Å². The maximum Gasteiger partial charge on any atom is 0.287 e. The number of furan rings is 1. The molecule has 164 valence electrons. The first-order valence-electron chi connectivity index (χ1n) is 9.97. The van der Waals surface area contributed by atoms with E-state index in [1.807, 2.05) is 4.57 Å². The molecule has 0 bridgehead atoms. The van der Waals surface area contributed by atoms with Gasteiger partial charge in [-0.05, 0) is 24.3 Å². The average molecular weight is 448 g/mol. The number of hydrogen-bond donors (Lipinski definition) is 1. The monoisotopic (exact) mass is 447 g/mol. The number of amides is 1. The summed E-state index contributed by atoms with van der Waals surface area (Å²) in [6, 6.07) is 8.04. The number of hydrogen-bond acceptors (Lipinski definition) is 6. The molecule has 0 spiro atoms. The number of carbonyl (C=O) groups is 1. The molecule has 0 aliphatic carbocycles. The van der Waals surface area contributed by atoms with E-state index in [4.69, 9.17) is 20.8 Å². The summed E-state index contributed by atoms with van der Waals surface area (Å²) >= 11 is 6.17. The third-order valence-electron chi connectivity index (χ3n) is 5.22. The van der Waals surface area contributed by atoms with Gasteiger partial charge < -0.3 is 19.0 Å². The first kappa shape index (κ1) is 21.5. The van der Waals surface area contributed by atoms with Gasteiger partial charge in [-0.15, -0.1) is 10.2 Å². The lowest BCUT2D eigenvalue weighted by Crippen LogP contribution is -2.28. The normalized spacial score (nSPS) is 14.3. The van der Waals surface area contributed by atoms with E-state index in [9.17, 15) is 9.18 Å². The van der Waals surface area contributed by atoms with Crippen LogP contribution in [0.15, 0.2) is 34.7 Å². The number of methoxy groups -OCH3 is 1. The molecule has 0 fully saturated rings. The summed E-state index contributed by atoms with van der Waals surface area (Å²) in [4.78, 5) is 14.5. The maximum absolute atomic E-state index is 14.1. The van der Waals surface area contributed by atoms with Crippen LogP contribution in [0.25, 0.3) is 0 Å². The number of ether oxygens (including phenoxy) is 1. The fourth-order valence-electron chi connectivity index (χ4n) is 3.59. The van der Waals surface area contributed by atoms with Gasteiger partial charge in [0, 0.05) is 50.3 Å². The largest absolute Gasteiger partial charge is 0.453 e. The van der Waals surface area contributed by atoms with Crippen LogP contribution in [0.4, 0.5) is 4.39 Å². The van der Waals surface area contributed by atoms with Crippen LogP contribution in [0.3, 0.4) is 0 Å². The number of benzene rings is 1. The highest BCUT2D eigenvalue weighted by Gasteiger charge is 2.21. The molecular weight excluding hydrogens is 425 g/mol. The van der Waals surface area contributed by atoms with Crippen molar-refractivity contribution < 1.29 is 18.3 Å². The second-order valence-corrected chi connectivity index (χ2v) is 7.70. The minimum Gasteiger partial charge on any atom is -0.453 e. The van der Waals surface area contributed by atoms with Crippen molar-refractivity contribution in [3.05, 3.63) is 69.9 Å². The Morgan fingerprint density at radius 2 is 2.13 bits per heavy atom. The van der Waals surface area contributed by atoms with E-state index >= 15 is 0 Å². The zero-order valence-electron chi connectivity index (χ0n) is 17.1. The molecule has 10 heteroatoms. The Hall–Kier alpha value is -2.75. The Morgan fingerprint density at radius 1 is 1.26 bits per heavy atom. The van der Waals surface area contributed by atoms with E-state index in [1.165, 1.54) is 6.07 Å². The number of nitrogens with one attached hydrogen (secondary N) is 1. The van der Waals surface area contributed by atoms with Crippen LogP contribution in [-0.4, -0.2) is 45.8 Å². The topological polar surface area (TPSA) is 85.4 Å². The Bertz CT molecular complexity index is 1050. The van der Waals surface area contributed by atoms with E-state index in [-0.39, 0.29) is 24.0 Å². The summed E-state index contributed by atoms with van der Waals surface area (Å²) in [5, 5.41) is 11.7. The van der Waals surface area contributed by atoms with E-state index < -0.39 is 0 Å². The van der Waals surface area contributed by atoms with E-state index in [0.29, 0.717) is 61.4 Å². The highest BCUT2D eigenvalue weighted by atomic mass is 35.5. The molecule has 8 nitrogen and oxygen atoms in total. The van der Waals surface area contributed by atoms with E-state index in [0.717, 1.165) is 5.82 Å². The zero-order valence-corrected chi connectivity index (χ0v) is 17.9. The lowest BCUT2D eigenvalue weighted by molar-refractivity contribution is 0.0913. The van der Waals surface area contributed by atoms with Crippen molar-refractivity contribution in [2.24, 2.45) is 0 Å². The molecule has 0 atom stereocenters. The van der Waals surface area contributed by atoms with Crippen LogP contribution in [0.1, 0.15) is 33.5 Å². The van der Waals surface area contributed by atoms with Crippen molar-refractivity contribution in [3.63, 3.8) is 0 Å². The summed E-state index contributed by atoms with van der Waals surface area (Å²) in [7, 11) is 1.56. The number of fused-ring (bicyclic) bond motifs is 1. The zero-order chi connectivity index (χ0) is 21.8. The molecule has 4 rings (SSSR count). The van der Waals surface area contributed by atoms with Crippen LogP contribution in [0.5, 0.6) is 0 Å². The minimum absolute atomic E-state index is 0.218. The van der Waals surface area contributed by atoms with Crippen LogP contribution in [0.2, 0.25) is 5.02 Å². The van der Waals surface area contributed by atoms with Crippen molar-refractivity contribution in [1.82, 2.24) is 25.0 Å². The van der Waals surface area contributed by atoms with Gasteiger partial charge in [0.15, 0.2) is 11.6 Å². The first-order valence-corrected chi connectivity index (χ1v) is 10.3. The maximum atomic E-state index is 14.1. The lowest BCUT2D eigenvalue weighted by Gasteiger charge is -2.20. The molecule has 0 saturated heterocycles. The van der Waals surface area contributed by atoms with Gasteiger partial charge in [0.05, 0.1) is 6.54 Å². The quantitative estimate of drug-likeness (QED) is 0.599. The summed E-state index contributed by atoms with van der Waals surface area (Å²) in [5.74, 6) is 1.68. The summed E-state index contributed by atoms with van der Waals surface area (Å²) < 4.78 is 26.6. The fraction of sp³-hybridized carbons (Fsp3) is 0.381. The van der Waals surface area contributed by atoms with Gasteiger partial charge in [0.25, 0.3) is 5.91 Å². The molecule has 3 aromatic rings. The second kappa shape index (κ2) is 9.59. The number of nitrogens with zero attached hydrogens (tertiary/aromatic N) is 4. The van der Waals surface area contributed by atoms with Crippen LogP contribution < -0.4 is 5.32 Å². The van der Waals surface area contributed by atoms with Crippen molar-refractivity contribution in [2.75, 3.05) is 20.2 Å². The van der Waals surface area contributed by atoms with Gasteiger partial charge in [0.1, 0.15) is 24.0 Å². The molecule has 1 aliphatic heterocycles. The van der Waals surface area contributed by atoms with Crippen LogP contribution in [0, 0.1) is 5.82 Å². The third-order valence-corrected chi connectivity index (χ3v) is 5.57. The third kappa shape index (κ3) is 4.95. The van der Waals surface area contributed by atoms with Crippen molar-refractivity contribution in [2.45, 2.75) is 32.7 Å². The molecule has 3 heterocycles. The Kier molecular flexibility index (Phi) is 6.64. The molecule has 1 amide bonds. The van der Waals surface area contributed by atoms with E-state index in [1.54, 1.807) is 31.4 Å². The Labute approximate surface area is 183 Å². The number of rotatable bonds is 7. The number of halogens is 2. The summed E-state index contributed by atoms with van der Waals surface area (Å²) in [5.41, 5.74) is 0.501. The molecular formula is C21H23ClFN5O3. The molecule has 0 saturated carbocycles. The first-order chi connectivity index (χ1) is 15.0. The van der Waals surface area contributed by atoms with Gasteiger partial charge in [-0.1, -0.05) is 17.7 Å². The van der Waals surface area contributed by atoms with Crippen LogP contribution >= 0.6 is 11.6 Å². The van der Waals surface area contributed by atoms with Gasteiger partial charge in [-0.25, -0.2) is 4.39 Å². The molecule has 2 aromatic heterocycles. The molecule has 0 radical (unpaired) electrons. The SMILES string of the molecule is COCc1ccc(C(=O)NCc2nnc3n2CCN(Cc2c(F)cccc2Cl)CC3)o1. The highest BCUT2D eigenvalue weighted by Crippen LogP contribution is 2.22. The summed E-state index contributed by atoms with van der Waals surface area (Å²) in [6.45, 7) is 3.00. The van der Waals surface area contributed by atoms with Gasteiger partial charge in [-0.2, -0.15) is 0 Å². The molecule has 1 aromatic carbocycles. The predicted octanol–water partition coefficient (Wildman–Crippen LogP) is 2.80. The molecule has 0 unspecified atom stereocenters.